The van der Waals surface area contributed by atoms with Crippen LogP contribution in [0.2, 0.25) is 0 Å². The highest BCUT2D eigenvalue weighted by Crippen LogP contribution is 2.18. The normalized spacial score (nSPS) is 9.70. The standard InChI is InChI=1S/C18H16N4O5/c1-26-17(24)13-7-14(18(25)27-2)9-15(8-13)21-16(23)12-5-3-11(4-6-12)10-20-22-19/h3-9H,10H2,1-2H3,(H,21,23). The van der Waals surface area contributed by atoms with E-state index in [0.29, 0.717) is 5.56 Å². The van der Waals surface area contributed by atoms with Crippen LogP contribution in [0.4, 0.5) is 5.69 Å². The summed E-state index contributed by atoms with van der Waals surface area (Å²) in [4.78, 5) is 38.7. The first-order valence-electron chi connectivity index (χ1n) is 7.71. The second-order valence-corrected chi connectivity index (χ2v) is 5.32. The lowest BCUT2D eigenvalue weighted by atomic mass is 10.1. The second kappa shape index (κ2) is 9.02. The first-order chi connectivity index (χ1) is 13.0. The molecule has 1 amide bonds. The van der Waals surface area contributed by atoms with Gasteiger partial charge >= 0.3 is 11.9 Å². The molecule has 1 N–H and O–H groups in total. The van der Waals surface area contributed by atoms with E-state index in [4.69, 9.17) is 5.53 Å². The zero-order valence-corrected chi connectivity index (χ0v) is 14.6. The lowest BCUT2D eigenvalue weighted by molar-refractivity contribution is 0.0599. The maximum Gasteiger partial charge on any atom is 0.337 e. The average molecular weight is 368 g/mol. The molecular weight excluding hydrogens is 352 g/mol. The molecule has 0 spiro atoms. The van der Waals surface area contributed by atoms with Gasteiger partial charge in [-0.05, 0) is 41.4 Å². The fraction of sp³-hybridized carbons (Fsp3) is 0.167. The largest absolute Gasteiger partial charge is 0.465 e. The smallest absolute Gasteiger partial charge is 0.337 e. The van der Waals surface area contributed by atoms with Crippen LogP contribution in [-0.4, -0.2) is 32.1 Å². The Hall–Kier alpha value is -3.84. The maximum atomic E-state index is 12.4. The summed E-state index contributed by atoms with van der Waals surface area (Å²) in [6, 6.07) is 10.6. The molecule has 0 saturated heterocycles. The zero-order chi connectivity index (χ0) is 19.8. The number of hydrogen-bond donors (Lipinski definition) is 1. The molecule has 0 radical (unpaired) electrons. The van der Waals surface area contributed by atoms with Gasteiger partial charge in [0.25, 0.3) is 5.91 Å². The lowest BCUT2D eigenvalue weighted by Gasteiger charge is -2.10. The van der Waals surface area contributed by atoms with Gasteiger partial charge in [0.15, 0.2) is 0 Å². The number of anilines is 1. The molecule has 9 nitrogen and oxygen atoms in total. The Balaban J connectivity index is 2.26. The number of amides is 1. The molecule has 0 aliphatic carbocycles. The third-order valence-electron chi connectivity index (χ3n) is 3.57. The zero-order valence-electron chi connectivity index (χ0n) is 14.6. The molecule has 0 unspecified atom stereocenters. The van der Waals surface area contributed by atoms with Gasteiger partial charge < -0.3 is 14.8 Å². The SMILES string of the molecule is COC(=O)c1cc(NC(=O)c2ccc(CN=[N+]=[N-])cc2)cc(C(=O)OC)c1. The summed E-state index contributed by atoms with van der Waals surface area (Å²) in [5, 5.41) is 6.07. The predicted molar refractivity (Wildman–Crippen MR) is 96.4 cm³/mol. The highest BCUT2D eigenvalue weighted by atomic mass is 16.5. The molecule has 0 heterocycles. The van der Waals surface area contributed by atoms with Crippen LogP contribution in [-0.2, 0) is 16.0 Å². The molecule has 0 bridgehead atoms. The summed E-state index contributed by atoms with van der Waals surface area (Å²) in [7, 11) is 2.42. The van der Waals surface area contributed by atoms with Crippen molar-refractivity contribution in [2.45, 2.75) is 6.54 Å². The third-order valence-corrected chi connectivity index (χ3v) is 3.57. The van der Waals surface area contributed by atoms with E-state index in [9.17, 15) is 14.4 Å². The minimum Gasteiger partial charge on any atom is -0.465 e. The van der Waals surface area contributed by atoms with E-state index < -0.39 is 17.8 Å². The van der Waals surface area contributed by atoms with Crippen molar-refractivity contribution in [3.63, 3.8) is 0 Å². The first-order valence-corrected chi connectivity index (χ1v) is 7.71. The van der Waals surface area contributed by atoms with Crippen molar-refractivity contribution in [1.29, 1.82) is 0 Å². The van der Waals surface area contributed by atoms with Gasteiger partial charge in [-0.3, -0.25) is 4.79 Å². The Labute approximate surface area is 154 Å². The lowest BCUT2D eigenvalue weighted by Crippen LogP contribution is -2.14. The van der Waals surface area contributed by atoms with E-state index in [2.05, 4.69) is 24.8 Å². The number of rotatable bonds is 6. The van der Waals surface area contributed by atoms with Gasteiger partial charge in [-0.1, -0.05) is 17.2 Å². The Morgan fingerprint density at radius 3 is 2.00 bits per heavy atom. The van der Waals surface area contributed by atoms with Gasteiger partial charge in [-0.2, -0.15) is 0 Å². The van der Waals surface area contributed by atoms with Gasteiger partial charge in [0.1, 0.15) is 0 Å². The first kappa shape index (κ1) is 19.5. The Bertz CT molecular complexity index is 884. The topological polar surface area (TPSA) is 130 Å². The summed E-state index contributed by atoms with van der Waals surface area (Å²) < 4.78 is 9.31. The van der Waals surface area contributed by atoms with Crippen LogP contribution >= 0.6 is 0 Å². The molecular formula is C18H16N4O5. The highest BCUT2D eigenvalue weighted by Gasteiger charge is 2.15. The number of ether oxygens (including phenoxy) is 2. The van der Waals surface area contributed by atoms with Crippen LogP contribution < -0.4 is 5.32 Å². The molecule has 0 atom stereocenters. The number of esters is 2. The van der Waals surface area contributed by atoms with E-state index in [1.165, 1.54) is 32.4 Å². The number of carbonyl (C=O) groups excluding carboxylic acids is 3. The number of nitrogens with one attached hydrogen (secondary N) is 1. The number of carbonyl (C=O) groups is 3. The number of nitrogens with zero attached hydrogens (tertiary/aromatic N) is 3. The van der Waals surface area contributed by atoms with Crippen LogP contribution in [0.5, 0.6) is 0 Å². The fourth-order valence-corrected chi connectivity index (χ4v) is 2.25. The minimum atomic E-state index is -0.654. The van der Waals surface area contributed by atoms with Gasteiger partial charge in [0, 0.05) is 16.2 Å². The van der Waals surface area contributed by atoms with E-state index in [-0.39, 0.29) is 23.4 Å². The van der Waals surface area contributed by atoms with Gasteiger partial charge in [-0.25, -0.2) is 9.59 Å². The van der Waals surface area contributed by atoms with Crippen molar-refractivity contribution >= 4 is 23.5 Å². The fourth-order valence-electron chi connectivity index (χ4n) is 2.25. The van der Waals surface area contributed by atoms with E-state index in [1.807, 2.05) is 0 Å². The summed E-state index contributed by atoms with van der Waals surface area (Å²) in [6.45, 7) is 0.183. The van der Waals surface area contributed by atoms with Crippen molar-refractivity contribution in [2.24, 2.45) is 5.11 Å². The van der Waals surface area contributed by atoms with Crippen molar-refractivity contribution in [3.8, 4) is 0 Å². The van der Waals surface area contributed by atoms with E-state index in [1.54, 1.807) is 24.3 Å². The van der Waals surface area contributed by atoms with Gasteiger partial charge in [0.05, 0.1) is 31.9 Å². The summed E-state index contributed by atoms with van der Waals surface area (Å²) in [5.41, 5.74) is 9.86. The van der Waals surface area contributed by atoms with Crippen LogP contribution in [0.1, 0.15) is 36.6 Å². The molecule has 9 heteroatoms. The van der Waals surface area contributed by atoms with Gasteiger partial charge in [-0.15, -0.1) is 0 Å². The predicted octanol–water partition coefficient (Wildman–Crippen LogP) is 3.32. The van der Waals surface area contributed by atoms with Crippen molar-refractivity contribution in [2.75, 3.05) is 19.5 Å². The second-order valence-electron chi connectivity index (χ2n) is 5.32. The van der Waals surface area contributed by atoms with Gasteiger partial charge in [0.2, 0.25) is 0 Å². The highest BCUT2D eigenvalue weighted by molar-refractivity contribution is 6.06. The molecule has 2 aromatic rings. The Kier molecular flexibility index (Phi) is 6.51. The number of benzene rings is 2. The van der Waals surface area contributed by atoms with E-state index in [0.717, 1.165) is 5.56 Å². The molecule has 0 aliphatic heterocycles. The molecule has 0 fully saturated rings. The maximum absolute atomic E-state index is 12.4. The molecule has 0 saturated carbocycles. The molecule has 27 heavy (non-hydrogen) atoms. The van der Waals surface area contributed by atoms with Crippen LogP contribution in [0, 0.1) is 0 Å². The van der Waals surface area contributed by atoms with E-state index >= 15 is 0 Å². The average Bonchev–Trinajstić information content (AvgIpc) is 2.70. The number of methoxy groups -OCH3 is 2. The number of hydrogen-bond acceptors (Lipinski definition) is 6. The monoisotopic (exact) mass is 368 g/mol. The molecule has 0 aliphatic rings. The van der Waals surface area contributed by atoms with Crippen molar-refractivity contribution in [3.05, 3.63) is 75.2 Å². The Morgan fingerprint density at radius 1 is 0.963 bits per heavy atom. The molecule has 0 aromatic heterocycles. The summed E-state index contributed by atoms with van der Waals surface area (Å²) >= 11 is 0. The van der Waals surface area contributed by atoms with Crippen molar-refractivity contribution < 1.29 is 23.9 Å². The quantitative estimate of drug-likeness (QED) is 0.362. The van der Waals surface area contributed by atoms with Crippen molar-refractivity contribution in [1.82, 2.24) is 0 Å². The van der Waals surface area contributed by atoms with Crippen LogP contribution in [0.3, 0.4) is 0 Å². The minimum absolute atomic E-state index is 0.0976. The third kappa shape index (κ3) is 5.07. The summed E-state index contributed by atoms with van der Waals surface area (Å²) in [6.07, 6.45) is 0. The number of azide groups is 1. The molecule has 2 aromatic carbocycles. The Morgan fingerprint density at radius 2 is 1.52 bits per heavy atom. The molecule has 138 valence electrons. The van der Waals surface area contributed by atoms with Crippen LogP contribution in [0.25, 0.3) is 10.4 Å². The summed E-state index contributed by atoms with van der Waals surface area (Å²) in [5.74, 6) is -1.75. The van der Waals surface area contributed by atoms with Crippen LogP contribution in [0.15, 0.2) is 47.6 Å². The molecule has 2 rings (SSSR count).